The van der Waals surface area contributed by atoms with Gasteiger partial charge in [-0.25, -0.2) is 0 Å². The molecule has 0 heterocycles. The quantitative estimate of drug-likeness (QED) is 0.451. The highest BCUT2D eigenvalue weighted by atomic mass is 35.5. The molecule has 0 aliphatic rings. The van der Waals surface area contributed by atoms with E-state index in [1.807, 2.05) is 85.6 Å². The Labute approximate surface area is 187 Å². The van der Waals surface area contributed by atoms with Gasteiger partial charge in [-0.05, 0) is 49.4 Å². The number of benzene rings is 3. The normalized spacial score (nSPS) is 11.9. The molecule has 0 unspecified atom stereocenters. The molecule has 3 rings (SSSR count). The first-order valence-electron chi connectivity index (χ1n) is 9.71. The van der Waals surface area contributed by atoms with Crippen LogP contribution in [-0.2, 0) is 11.3 Å². The fraction of sp³-hybridized carbons (Fsp3) is 0.208. The third kappa shape index (κ3) is 5.54. The van der Waals surface area contributed by atoms with Crippen molar-refractivity contribution >= 4 is 34.8 Å². The van der Waals surface area contributed by atoms with Crippen molar-refractivity contribution in [3.63, 3.8) is 0 Å². The maximum atomic E-state index is 13.4. The minimum atomic E-state index is -0.504. The Morgan fingerprint density at radius 1 is 1.00 bits per heavy atom. The number of likely N-dealkylation sites (N-methyl/N-ethyl adjacent to an activating group) is 1. The number of carbonyl (C=O) groups is 1. The van der Waals surface area contributed by atoms with Crippen molar-refractivity contribution in [2.24, 2.45) is 0 Å². The second-order valence-corrected chi connectivity index (χ2v) is 7.71. The van der Waals surface area contributed by atoms with E-state index in [1.54, 1.807) is 6.07 Å². The van der Waals surface area contributed by atoms with E-state index in [9.17, 15) is 4.79 Å². The Morgan fingerprint density at radius 2 is 1.70 bits per heavy atom. The molecule has 1 N–H and O–H groups in total. The van der Waals surface area contributed by atoms with Gasteiger partial charge in [0.25, 0.3) is 0 Å². The Balaban J connectivity index is 1.87. The van der Waals surface area contributed by atoms with E-state index in [4.69, 9.17) is 27.9 Å². The van der Waals surface area contributed by atoms with Crippen LogP contribution >= 0.6 is 23.2 Å². The van der Waals surface area contributed by atoms with Crippen molar-refractivity contribution < 1.29 is 9.53 Å². The van der Waals surface area contributed by atoms with Crippen LogP contribution in [0.25, 0.3) is 0 Å². The molecule has 0 saturated carbocycles. The molecule has 1 atom stereocenters. The molecule has 0 radical (unpaired) electrons. The minimum absolute atomic E-state index is 0.143. The van der Waals surface area contributed by atoms with Crippen LogP contribution in [0.2, 0.25) is 10.0 Å². The minimum Gasteiger partial charge on any atom is -0.492 e. The van der Waals surface area contributed by atoms with Gasteiger partial charge in [-0.3, -0.25) is 9.69 Å². The molecule has 30 heavy (non-hydrogen) atoms. The first-order chi connectivity index (χ1) is 14.5. The number of nitrogens with one attached hydrogen (secondary N) is 1. The van der Waals surface area contributed by atoms with Crippen molar-refractivity contribution in [3.05, 3.63) is 94.0 Å². The van der Waals surface area contributed by atoms with Crippen molar-refractivity contribution in [3.8, 4) is 5.75 Å². The maximum absolute atomic E-state index is 13.4. The molecule has 4 nitrogen and oxygen atoms in total. The van der Waals surface area contributed by atoms with E-state index in [0.717, 1.165) is 11.1 Å². The molecule has 3 aromatic rings. The molecule has 0 saturated heterocycles. The van der Waals surface area contributed by atoms with E-state index in [2.05, 4.69) is 5.32 Å². The van der Waals surface area contributed by atoms with Gasteiger partial charge in [0.1, 0.15) is 11.8 Å². The fourth-order valence-corrected chi connectivity index (χ4v) is 3.63. The molecule has 0 aliphatic carbocycles. The van der Waals surface area contributed by atoms with Crippen molar-refractivity contribution in [2.75, 3.05) is 19.0 Å². The fourth-order valence-electron chi connectivity index (χ4n) is 3.31. The number of anilines is 1. The highest BCUT2D eigenvalue weighted by Crippen LogP contribution is 2.29. The van der Waals surface area contributed by atoms with Crippen LogP contribution in [0.15, 0.2) is 72.8 Å². The lowest BCUT2D eigenvalue weighted by Gasteiger charge is -2.28. The Morgan fingerprint density at radius 3 is 2.40 bits per heavy atom. The molecular weight excluding hydrogens is 419 g/mol. The summed E-state index contributed by atoms with van der Waals surface area (Å²) in [7, 11) is 1.91. The summed E-state index contributed by atoms with van der Waals surface area (Å²) in [5, 5.41) is 4.03. The third-order valence-electron chi connectivity index (χ3n) is 4.67. The van der Waals surface area contributed by atoms with Gasteiger partial charge in [0.2, 0.25) is 5.91 Å². The Hall–Kier alpha value is -2.53. The van der Waals surface area contributed by atoms with Crippen LogP contribution in [0.5, 0.6) is 5.75 Å². The average molecular weight is 443 g/mol. The average Bonchev–Trinajstić information content (AvgIpc) is 2.73. The van der Waals surface area contributed by atoms with Gasteiger partial charge in [-0.2, -0.15) is 0 Å². The third-order valence-corrected chi connectivity index (χ3v) is 5.40. The highest BCUT2D eigenvalue weighted by Gasteiger charge is 2.26. The van der Waals surface area contributed by atoms with E-state index in [0.29, 0.717) is 34.6 Å². The van der Waals surface area contributed by atoms with E-state index < -0.39 is 6.04 Å². The van der Waals surface area contributed by atoms with E-state index >= 15 is 0 Å². The van der Waals surface area contributed by atoms with Crippen LogP contribution in [0.3, 0.4) is 0 Å². The van der Waals surface area contributed by atoms with E-state index in [-0.39, 0.29) is 5.91 Å². The zero-order valence-corrected chi connectivity index (χ0v) is 18.5. The number of amides is 1. The molecule has 0 bridgehead atoms. The molecule has 0 spiro atoms. The number of nitrogens with zero attached hydrogens (tertiary/aromatic N) is 1. The lowest BCUT2D eigenvalue weighted by Crippen LogP contribution is -2.34. The lowest BCUT2D eigenvalue weighted by molar-refractivity contribution is -0.121. The second kappa shape index (κ2) is 10.5. The first kappa shape index (κ1) is 22.2. The van der Waals surface area contributed by atoms with Crippen LogP contribution in [0.1, 0.15) is 24.1 Å². The number of carbonyl (C=O) groups excluding carboxylic acids is 1. The first-order valence-corrected chi connectivity index (χ1v) is 10.5. The summed E-state index contributed by atoms with van der Waals surface area (Å²) in [5.41, 5.74) is 2.51. The van der Waals surface area contributed by atoms with E-state index in [1.165, 1.54) is 0 Å². The van der Waals surface area contributed by atoms with Crippen LogP contribution in [0, 0.1) is 0 Å². The van der Waals surface area contributed by atoms with Crippen LogP contribution in [0.4, 0.5) is 5.69 Å². The zero-order valence-electron chi connectivity index (χ0n) is 16.9. The molecule has 1 amide bonds. The van der Waals surface area contributed by atoms with Crippen LogP contribution in [-0.4, -0.2) is 24.5 Å². The number of hydrogen-bond acceptors (Lipinski definition) is 3. The van der Waals surface area contributed by atoms with Gasteiger partial charge >= 0.3 is 0 Å². The predicted molar refractivity (Wildman–Crippen MR) is 123 cm³/mol. The molecule has 3 aromatic carbocycles. The highest BCUT2D eigenvalue weighted by molar-refractivity contribution is 6.42. The largest absolute Gasteiger partial charge is 0.492 e. The topological polar surface area (TPSA) is 41.6 Å². The lowest BCUT2D eigenvalue weighted by atomic mass is 10.0. The standard InChI is InChI=1S/C24H24Cl2N2O2/c1-3-30-22-12-8-7-11-21(22)27-24(29)23(18-9-5-4-6-10-18)28(2)16-17-13-14-19(25)20(26)15-17/h4-15,23H,3,16H2,1-2H3,(H,27,29)/t23-/m0/s1. The van der Waals surface area contributed by atoms with Crippen molar-refractivity contribution in [1.29, 1.82) is 0 Å². The number of halogens is 2. The number of para-hydroxylation sites is 2. The molecule has 0 aromatic heterocycles. The van der Waals surface area contributed by atoms with Crippen molar-refractivity contribution in [2.45, 2.75) is 19.5 Å². The van der Waals surface area contributed by atoms with Crippen molar-refractivity contribution in [1.82, 2.24) is 4.90 Å². The van der Waals surface area contributed by atoms with Crippen LogP contribution < -0.4 is 10.1 Å². The molecular formula is C24H24Cl2N2O2. The predicted octanol–water partition coefficient (Wildman–Crippen LogP) is 6.20. The summed E-state index contributed by atoms with van der Waals surface area (Å²) >= 11 is 12.2. The summed E-state index contributed by atoms with van der Waals surface area (Å²) in [6.07, 6.45) is 0. The molecule has 6 heteroatoms. The summed E-state index contributed by atoms with van der Waals surface area (Å²) in [5.74, 6) is 0.503. The molecule has 156 valence electrons. The summed E-state index contributed by atoms with van der Waals surface area (Å²) < 4.78 is 5.65. The van der Waals surface area contributed by atoms with Gasteiger partial charge in [0.15, 0.2) is 0 Å². The summed E-state index contributed by atoms with van der Waals surface area (Å²) in [4.78, 5) is 15.3. The number of hydrogen-bond donors (Lipinski definition) is 1. The van der Waals surface area contributed by atoms with Gasteiger partial charge in [0, 0.05) is 6.54 Å². The smallest absolute Gasteiger partial charge is 0.246 e. The summed E-state index contributed by atoms with van der Waals surface area (Å²) in [6, 6.07) is 22.1. The Kier molecular flexibility index (Phi) is 7.75. The number of rotatable bonds is 8. The SMILES string of the molecule is CCOc1ccccc1NC(=O)[C@H](c1ccccc1)N(C)Cc1ccc(Cl)c(Cl)c1. The maximum Gasteiger partial charge on any atom is 0.246 e. The summed E-state index contributed by atoms with van der Waals surface area (Å²) in [6.45, 7) is 2.96. The molecule has 0 aliphatic heterocycles. The zero-order chi connectivity index (χ0) is 21.5. The van der Waals surface area contributed by atoms with Gasteiger partial charge in [-0.15, -0.1) is 0 Å². The van der Waals surface area contributed by atoms with Gasteiger partial charge in [-0.1, -0.05) is 71.7 Å². The number of ether oxygens (including phenoxy) is 1. The second-order valence-electron chi connectivity index (χ2n) is 6.90. The van der Waals surface area contributed by atoms with Gasteiger partial charge < -0.3 is 10.1 Å². The van der Waals surface area contributed by atoms with Gasteiger partial charge in [0.05, 0.1) is 22.3 Å². The Bertz CT molecular complexity index is 996. The molecule has 0 fully saturated rings. The monoisotopic (exact) mass is 442 g/mol.